The second-order valence-electron chi connectivity index (χ2n) is 3.92. The number of hydrogen-bond acceptors (Lipinski definition) is 5. The summed E-state index contributed by atoms with van der Waals surface area (Å²) in [4.78, 5) is 11.6. The molecule has 8 heteroatoms. The molecular formula is C14H15F2NO4S. The maximum atomic E-state index is 13.2. The van der Waals surface area contributed by atoms with Crippen LogP contribution in [0.3, 0.4) is 0 Å². The summed E-state index contributed by atoms with van der Waals surface area (Å²) in [5.74, 6) is -3.70. The summed E-state index contributed by atoms with van der Waals surface area (Å²) >= 11 is 4.99. The summed E-state index contributed by atoms with van der Waals surface area (Å²) < 4.78 is 35.6. The molecule has 0 bridgehead atoms. The monoisotopic (exact) mass is 331 g/mol. The van der Waals surface area contributed by atoms with Gasteiger partial charge in [0.05, 0.1) is 13.2 Å². The summed E-state index contributed by atoms with van der Waals surface area (Å²) in [6, 6.07) is 2.99. The summed E-state index contributed by atoms with van der Waals surface area (Å²) in [6.07, 6.45) is 0. The second kappa shape index (κ2) is 8.28. The molecule has 0 spiro atoms. The minimum absolute atomic E-state index is 0.0650. The van der Waals surface area contributed by atoms with Gasteiger partial charge in [0.15, 0.2) is 17.2 Å². The molecule has 2 N–H and O–H groups in total. The molecule has 120 valence electrons. The van der Waals surface area contributed by atoms with Crippen molar-refractivity contribution in [3.8, 4) is 0 Å². The van der Waals surface area contributed by atoms with Crippen LogP contribution in [0, 0.1) is 11.6 Å². The van der Waals surface area contributed by atoms with Crippen molar-refractivity contribution >= 4 is 28.9 Å². The van der Waals surface area contributed by atoms with Gasteiger partial charge < -0.3 is 19.9 Å². The van der Waals surface area contributed by atoms with Crippen LogP contribution in [0.15, 0.2) is 29.7 Å². The van der Waals surface area contributed by atoms with Crippen molar-refractivity contribution in [3.05, 3.63) is 41.4 Å². The quantitative estimate of drug-likeness (QED) is 0.361. The molecule has 0 radical (unpaired) electrons. The number of aliphatic hydroxyl groups excluding tert-OH is 1. The summed E-state index contributed by atoms with van der Waals surface area (Å²) in [7, 11) is 0. The number of esters is 1. The first-order valence-corrected chi connectivity index (χ1v) is 6.81. The highest BCUT2D eigenvalue weighted by Crippen LogP contribution is 2.16. The Morgan fingerprint density at radius 3 is 2.41 bits per heavy atom. The third-order valence-electron chi connectivity index (χ3n) is 2.38. The Morgan fingerprint density at radius 2 is 1.86 bits per heavy atom. The zero-order valence-corrected chi connectivity index (χ0v) is 12.8. The van der Waals surface area contributed by atoms with Gasteiger partial charge >= 0.3 is 5.97 Å². The van der Waals surface area contributed by atoms with Gasteiger partial charge in [-0.25, -0.2) is 13.6 Å². The second-order valence-corrected chi connectivity index (χ2v) is 4.32. The molecule has 22 heavy (non-hydrogen) atoms. The molecule has 1 aromatic rings. The molecule has 1 rings (SSSR count). The third-order valence-corrected chi connectivity index (χ3v) is 2.69. The smallest absolute Gasteiger partial charge is 0.348 e. The van der Waals surface area contributed by atoms with E-state index >= 15 is 0 Å². The molecule has 0 aromatic heterocycles. The lowest BCUT2D eigenvalue weighted by Crippen LogP contribution is -2.23. The molecular weight excluding hydrogens is 316 g/mol. The molecule has 0 saturated heterocycles. The average Bonchev–Trinajstić information content (AvgIpc) is 2.43. The molecule has 0 unspecified atom stereocenters. The minimum atomic E-state index is -1.08. The van der Waals surface area contributed by atoms with Crippen molar-refractivity contribution in [1.82, 2.24) is 0 Å². The van der Waals surface area contributed by atoms with Crippen molar-refractivity contribution in [2.24, 2.45) is 0 Å². The van der Waals surface area contributed by atoms with E-state index in [0.717, 1.165) is 12.1 Å². The van der Waals surface area contributed by atoms with Gasteiger partial charge in [-0.1, -0.05) is 12.2 Å². The van der Waals surface area contributed by atoms with E-state index in [4.69, 9.17) is 21.7 Å². The van der Waals surface area contributed by atoms with Crippen LogP contribution in [0.4, 0.5) is 14.5 Å². The van der Waals surface area contributed by atoms with E-state index < -0.39 is 29.1 Å². The van der Waals surface area contributed by atoms with Gasteiger partial charge in [-0.05, 0) is 26.0 Å². The normalized spacial score (nSPS) is 11.5. The van der Waals surface area contributed by atoms with Gasteiger partial charge in [-0.2, -0.15) is 0 Å². The van der Waals surface area contributed by atoms with Crippen LogP contribution in [0.25, 0.3) is 0 Å². The highest BCUT2D eigenvalue weighted by molar-refractivity contribution is 7.81. The molecule has 0 saturated carbocycles. The number of aliphatic hydroxyl groups is 1. The number of thiocarbonyl (C=S) groups is 1. The fourth-order valence-electron chi connectivity index (χ4n) is 1.46. The number of carbonyl (C=O) groups excluding carboxylic acids is 1. The minimum Gasteiger partial charge on any atom is -0.480 e. The lowest BCUT2D eigenvalue weighted by atomic mass is 10.2. The first kappa shape index (κ1) is 17.8. The van der Waals surface area contributed by atoms with Crippen LogP contribution in [0.1, 0.15) is 13.8 Å². The molecule has 0 heterocycles. The van der Waals surface area contributed by atoms with Crippen LogP contribution in [0.5, 0.6) is 0 Å². The number of rotatable bonds is 6. The highest BCUT2D eigenvalue weighted by Gasteiger charge is 2.23. The van der Waals surface area contributed by atoms with Gasteiger partial charge in [0.1, 0.15) is 4.99 Å². The van der Waals surface area contributed by atoms with Crippen molar-refractivity contribution in [2.75, 3.05) is 18.5 Å². The molecule has 0 amide bonds. The van der Waals surface area contributed by atoms with E-state index in [0.29, 0.717) is 0 Å². The Labute approximate surface area is 131 Å². The molecule has 1 aromatic carbocycles. The topological polar surface area (TPSA) is 67.8 Å². The average molecular weight is 331 g/mol. The zero-order valence-electron chi connectivity index (χ0n) is 12.0. The van der Waals surface area contributed by atoms with E-state index in [9.17, 15) is 18.7 Å². The SMILES string of the molecule is CCOC(=O)/C(C(=S)Nc1ccc(F)c(F)c1)=C(/O)OCC. The van der Waals surface area contributed by atoms with E-state index in [1.807, 2.05) is 0 Å². The van der Waals surface area contributed by atoms with E-state index in [1.165, 1.54) is 6.07 Å². The van der Waals surface area contributed by atoms with Gasteiger partial charge in [0.25, 0.3) is 5.95 Å². The lowest BCUT2D eigenvalue weighted by molar-refractivity contribution is -0.138. The summed E-state index contributed by atoms with van der Waals surface area (Å²) in [5.41, 5.74) is -0.293. The molecule has 0 aliphatic heterocycles. The number of benzene rings is 1. The molecule has 0 aliphatic rings. The first-order chi connectivity index (χ1) is 10.4. The van der Waals surface area contributed by atoms with Crippen LogP contribution in [0.2, 0.25) is 0 Å². The number of hydrogen-bond donors (Lipinski definition) is 2. The Balaban J connectivity index is 3.04. The zero-order chi connectivity index (χ0) is 16.7. The molecule has 0 fully saturated rings. The van der Waals surface area contributed by atoms with E-state index in [1.54, 1.807) is 13.8 Å². The summed E-state index contributed by atoms with van der Waals surface area (Å²) in [5, 5.41) is 12.3. The summed E-state index contributed by atoms with van der Waals surface area (Å²) in [6.45, 7) is 3.35. The molecule has 0 atom stereocenters. The molecule has 5 nitrogen and oxygen atoms in total. The van der Waals surface area contributed by atoms with Crippen LogP contribution >= 0.6 is 12.2 Å². The van der Waals surface area contributed by atoms with Crippen LogP contribution < -0.4 is 5.32 Å². The number of carbonyl (C=O) groups is 1. The largest absolute Gasteiger partial charge is 0.480 e. The van der Waals surface area contributed by atoms with Gasteiger partial charge in [-0.15, -0.1) is 0 Å². The number of halogens is 2. The fourth-order valence-corrected chi connectivity index (χ4v) is 1.75. The van der Waals surface area contributed by atoms with Gasteiger partial charge in [-0.3, -0.25) is 0 Å². The van der Waals surface area contributed by atoms with Crippen LogP contribution in [-0.4, -0.2) is 29.3 Å². The number of anilines is 1. The Bertz CT molecular complexity index is 605. The number of ether oxygens (including phenoxy) is 2. The predicted molar refractivity (Wildman–Crippen MR) is 80.5 cm³/mol. The van der Waals surface area contributed by atoms with Crippen molar-refractivity contribution in [2.45, 2.75) is 13.8 Å². The maximum absolute atomic E-state index is 13.2. The standard InChI is InChI=1S/C14H15F2NO4S/c1-3-20-13(18)11(14(19)21-4-2)12(22)17-8-5-6-9(15)10(16)7-8/h5-7,18H,3-4H2,1-2H3,(H,17,22)/b13-11-. The van der Waals surface area contributed by atoms with Crippen LogP contribution in [-0.2, 0) is 14.3 Å². The van der Waals surface area contributed by atoms with Crippen molar-refractivity contribution in [3.63, 3.8) is 0 Å². The predicted octanol–water partition coefficient (Wildman–Crippen LogP) is 3.07. The number of nitrogens with one attached hydrogen (secondary N) is 1. The van der Waals surface area contributed by atoms with E-state index in [2.05, 4.69) is 5.32 Å². The Hall–Kier alpha value is -2.22. The third kappa shape index (κ3) is 4.66. The van der Waals surface area contributed by atoms with Crippen molar-refractivity contribution < 1.29 is 28.2 Å². The highest BCUT2D eigenvalue weighted by atomic mass is 32.1. The van der Waals surface area contributed by atoms with E-state index in [-0.39, 0.29) is 23.9 Å². The maximum Gasteiger partial charge on any atom is 0.348 e. The lowest BCUT2D eigenvalue weighted by Gasteiger charge is -2.13. The van der Waals surface area contributed by atoms with Gasteiger partial charge in [0.2, 0.25) is 0 Å². The van der Waals surface area contributed by atoms with Gasteiger partial charge in [0, 0.05) is 11.8 Å². The first-order valence-electron chi connectivity index (χ1n) is 6.40. The Kier molecular flexibility index (Phi) is 6.71. The van der Waals surface area contributed by atoms with Crippen molar-refractivity contribution in [1.29, 1.82) is 0 Å². The fraction of sp³-hybridized carbons (Fsp3) is 0.286. The Morgan fingerprint density at radius 1 is 1.23 bits per heavy atom. The molecule has 0 aliphatic carbocycles.